The highest BCUT2D eigenvalue weighted by molar-refractivity contribution is 6.52. The van der Waals surface area contributed by atoms with E-state index < -0.39 is 11.7 Å². The summed E-state index contributed by atoms with van der Waals surface area (Å²) in [5.41, 5.74) is 3.51. The maximum absolute atomic E-state index is 12.3. The molecule has 0 saturated carbocycles. The third-order valence-corrected chi connectivity index (χ3v) is 4.18. The number of para-hydroxylation sites is 2. The van der Waals surface area contributed by atoms with Crippen molar-refractivity contribution in [2.24, 2.45) is 0 Å². The Morgan fingerprint density at radius 3 is 2.33 bits per heavy atom. The van der Waals surface area contributed by atoms with Crippen molar-refractivity contribution in [3.63, 3.8) is 0 Å². The van der Waals surface area contributed by atoms with Crippen LogP contribution in [-0.2, 0) is 11.3 Å². The monoisotopic (exact) mass is 323 g/mol. The van der Waals surface area contributed by atoms with Crippen molar-refractivity contribution in [2.75, 3.05) is 37.6 Å². The summed E-state index contributed by atoms with van der Waals surface area (Å²) < 4.78 is 0. The lowest BCUT2D eigenvalue weighted by Crippen LogP contribution is -2.39. The molecule has 0 aromatic heterocycles. The minimum atomic E-state index is -0.455. The third kappa shape index (κ3) is 2.90. The van der Waals surface area contributed by atoms with E-state index in [1.165, 1.54) is 5.56 Å². The summed E-state index contributed by atoms with van der Waals surface area (Å²) in [6.07, 6.45) is 0. The van der Waals surface area contributed by atoms with Gasteiger partial charge in [0.1, 0.15) is 0 Å². The van der Waals surface area contributed by atoms with E-state index in [2.05, 4.69) is 17.0 Å². The summed E-state index contributed by atoms with van der Waals surface area (Å²) in [5.74, 6) is -0.878. The van der Waals surface area contributed by atoms with Crippen LogP contribution in [0.5, 0.6) is 0 Å². The van der Waals surface area contributed by atoms with Crippen molar-refractivity contribution in [3.05, 3.63) is 59.7 Å². The minimum Gasteiger partial charge on any atom is -0.377 e. The Kier molecular flexibility index (Phi) is 4.36. The first kappa shape index (κ1) is 16.2. The van der Waals surface area contributed by atoms with Gasteiger partial charge in [0, 0.05) is 26.3 Å². The maximum Gasteiger partial charge on any atom is 0.300 e. The molecule has 0 N–H and O–H groups in total. The lowest BCUT2D eigenvalue weighted by molar-refractivity contribution is -0.114. The van der Waals surface area contributed by atoms with Gasteiger partial charge in [-0.25, -0.2) is 0 Å². The van der Waals surface area contributed by atoms with Crippen LogP contribution in [0, 0.1) is 0 Å². The maximum atomic E-state index is 12.3. The molecule has 124 valence electrons. The lowest BCUT2D eigenvalue weighted by atomic mass is 10.1. The van der Waals surface area contributed by atoms with Gasteiger partial charge in [0.15, 0.2) is 0 Å². The molecule has 5 nitrogen and oxygen atoms in total. The molecule has 0 radical (unpaired) electrons. The molecule has 5 heteroatoms. The highest BCUT2D eigenvalue weighted by atomic mass is 16.2. The van der Waals surface area contributed by atoms with Gasteiger partial charge < -0.3 is 4.90 Å². The zero-order chi connectivity index (χ0) is 17.3. The second-order valence-corrected chi connectivity index (χ2v) is 6.26. The predicted octanol–water partition coefficient (Wildman–Crippen LogP) is 2.37. The van der Waals surface area contributed by atoms with Gasteiger partial charge in [0.05, 0.1) is 17.9 Å². The first-order valence-electron chi connectivity index (χ1n) is 7.88. The number of amides is 1. The molecule has 3 rings (SSSR count). The Morgan fingerprint density at radius 2 is 1.58 bits per heavy atom. The van der Waals surface area contributed by atoms with Crippen LogP contribution in [0.25, 0.3) is 0 Å². The molecule has 0 atom stereocenters. The lowest BCUT2D eigenvalue weighted by Gasteiger charge is -2.26. The molecule has 0 saturated heterocycles. The summed E-state index contributed by atoms with van der Waals surface area (Å²) in [6.45, 7) is 1.07. The summed E-state index contributed by atoms with van der Waals surface area (Å²) in [5, 5.41) is 0. The number of carbonyl (C=O) groups is 2. The highest BCUT2D eigenvalue weighted by Gasteiger charge is 2.35. The van der Waals surface area contributed by atoms with Gasteiger partial charge in [-0.2, -0.15) is 0 Å². The molecule has 2 aromatic rings. The fourth-order valence-corrected chi connectivity index (χ4v) is 3.05. The normalized spacial score (nSPS) is 13.6. The predicted molar refractivity (Wildman–Crippen MR) is 95.4 cm³/mol. The van der Waals surface area contributed by atoms with Crippen molar-refractivity contribution in [1.29, 1.82) is 0 Å². The Balaban J connectivity index is 1.78. The number of carbonyl (C=O) groups excluding carboxylic acids is 2. The molecular formula is C19H21N3O2. The molecule has 0 bridgehead atoms. The minimum absolute atomic E-state index is 0.378. The first-order valence-corrected chi connectivity index (χ1v) is 7.88. The van der Waals surface area contributed by atoms with E-state index in [-0.39, 0.29) is 0 Å². The van der Waals surface area contributed by atoms with Crippen LogP contribution in [-0.4, -0.2) is 44.4 Å². The molecule has 0 spiro atoms. The van der Waals surface area contributed by atoms with E-state index in [4.69, 9.17) is 0 Å². The van der Waals surface area contributed by atoms with Gasteiger partial charge in [-0.15, -0.1) is 0 Å². The molecule has 2 aromatic carbocycles. The Morgan fingerprint density at radius 1 is 0.917 bits per heavy atom. The zero-order valence-electron chi connectivity index (χ0n) is 14.2. The molecule has 0 unspecified atom stereocenters. The second kappa shape index (κ2) is 6.45. The molecule has 1 aliphatic rings. The SMILES string of the molecule is CN(Cc1ccccc1N(C)C)CN1C(=O)C(=O)c2ccccc21. The van der Waals surface area contributed by atoms with Crippen LogP contribution < -0.4 is 9.80 Å². The number of anilines is 2. The van der Waals surface area contributed by atoms with Gasteiger partial charge in [-0.1, -0.05) is 30.3 Å². The van der Waals surface area contributed by atoms with Crippen molar-refractivity contribution in [3.8, 4) is 0 Å². The van der Waals surface area contributed by atoms with Crippen LogP contribution in [0.3, 0.4) is 0 Å². The quantitative estimate of drug-likeness (QED) is 0.793. The number of rotatable bonds is 5. The van der Waals surface area contributed by atoms with Gasteiger partial charge in [0.25, 0.3) is 5.78 Å². The zero-order valence-corrected chi connectivity index (χ0v) is 14.2. The fourth-order valence-electron chi connectivity index (χ4n) is 3.05. The number of ketones is 1. The topological polar surface area (TPSA) is 43.9 Å². The Hall–Kier alpha value is -2.66. The smallest absolute Gasteiger partial charge is 0.300 e. The van der Waals surface area contributed by atoms with Crippen LogP contribution >= 0.6 is 0 Å². The number of hydrogen-bond donors (Lipinski definition) is 0. The van der Waals surface area contributed by atoms with Crippen LogP contribution in [0.2, 0.25) is 0 Å². The number of hydrogen-bond acceptors (Lipinski definition) is 4. The average Bonchev–Trinajstić information content (AvgIpc) is 2.80. The first-order chi connectivity index (χ1) is 11.5. The Labute approximate surface area is 142 Å². The highest BCUT2D eigenvalue weighted by Crippen LogP contribution is 2.29. The average molecular weight is 323 g/mol. The summed E-state index contributed by atoms with van der Waals surface area (Å²) >= 11 is 0. The number of fused-ring (bicyclic) bond motifs is 1. The number of nitrogens with zero attached hydrogens (tertiary/aromatic N) is 3. The molecule has 0 aliphatic carbocycles. The molecule has 1 amide bonds. The molecule has 1 heterocycles. The van der Waals surface area contributed by atoms with Gasteiger partial charge in [-0.05, 0) is 30.8 Å². The van der Waals surface area contributed by atoms with Gasteiger partial charge in [-0.3, -0.25) is 19.4 Å². The summed E-state index contributed by atoms with van der Waals surface area (Å²) in [7, 11) is 5.97. The van der Waals surface area contributed by atoms with E-state index in [0.717, 1.165) is 5.69 Å². The van der Waals surface area contributed by atoms with Crippen LogP contribution in [0.4, 0.5) is 11.4 Å². The van der Waals surface area contributed by atoms with E-state index in [1.54, 1.807) is 17.0 Å². The number of Topliss-reactive ketones (excluding diaryl/α,β-unsaturated/α-hetero) is 1. The molecular weight excluding hydrogens is 302 g/mol. The fraction of sp³-hybridized carbons (Fsp3) is 0.263. The van der Waals surface area contributed by atoms with Gasteiger partial charge in [0.2, 0.25) is 0 Å². The largest absolute Gasteiger partial charge is 0.377 e. The van der Waals surface area contributed by atoms with E-state index >= 15 is 0 Å². The molecule has 24 heavy (non-hydrogen) atoms. The van der Waals surface area contributed by atoms with Crippen LogP contribution in [0.1, 0.15) is 15.9 Å². The summed E-state index contributed by atoms with van der Waals surface area (Å²) in [6, 6.07) is 15.3. The number of benzene rings is 2. The van der Waals surface area contributed by atoms with Crippen molar-refractivity contribution >= 4 is 23.1 Å². The van der Waals surface area contributed by atoms with Crippen LogP contribution in [0.15, 0.2) is 48.5 Å². The van der Waals surface area contributed by atoms with Gasteiger partial charge >= 0.3 is 5.91 Å². The van der Waals surface area contributed by atoms with Crippen molar-refractivity contribution in [2.45, 2.75) is 6.54 Å². The third-order valence-electron chi connectivity index (χ3n) is 4.18. The Bertz CT molecular complexity index is 786. The second-order valence-electron chi connectivity index (χ2n) is 6.26. The van der Waals surface area contributed by atoms with E-state index in [9.17, 15) is 9.59 Å². The van der Waals surface area contributed by atoms with E-state index in [1.807, 2.05) is 50.3 Å². The van der Waals surface area contributed by atoms with E-state index in [0.29, 0.717) is 24.5 Å². The standard InChI is InChI=1S/C19H21N3O2/c1-20(2)16-10-6-4-8-14(16)12-21(3)13-22-17-11-7-5-9-15(17)18(23)19(22)24/h4-11H,12-13H2,1-3H3. The molecule has 1 aliphatic heterocycles. The van der Waals surface area contributed by atoms with Crippen molar-refractivity contribution < 1.29 is 9.59 Å². The molecule has 0 fully saturated rings. The summed E-state index contributed by atoms with van der Waals surface area (Å²) in [4.78, 5) is 30.0. The van der Waals surface area contributed by atoms with Crippen molar-refractivity contribution in [1.82, 2.24) is 4.90 Å².